The Balaban J connectivity index is 1.79. The number of benzene rings is 2. The molecule has 0 saturated heterocycles. The summed E-state index contributed by atoms with van der Waals surface area (Å²) in [6.45, 7) is 10.2. The molecule has 0 saturated carbocycles. The number of hydrogen-bond acceptors (Lipinski definition) is 2. The fourth-order valence-electron chi connectivity index (χ4n) is 4.54. The van der Waals surface area contributed by atoms with Gasteiger partial charge in [-0.25, -0.2) is 17.8 Å². The van der Waals surface area contributed by atoms with E-state index in [1.54, 1.807) is 6.07 Å². The van der Waals surface area contributed by atoms with Crippen molar-refractivity contribution < 1.29 is 13.4 Å². The van der Waals surface area contributed by atoms with Crippen molar-refractivity contribution in [2.75, 3.05) is 5.32 Å². The normalized spacial score (nSPS) is 17.1. The van der Waals surface area contributed by atoms with Crippen LogP contribution in [0, 0.1) is 5.82 Å². The van der Waals surface area contributed by atoms with E-state index in [0.29, 0.717) is 4.47 Å². The molecule has 9 heteroatoms. The highest BCUT2D eigenvalue weighted by molar-refractivity contribution is 9.10. The molecule has 0 bridgehead atoms. The van der Waals surface area contributed by atoms with Crippen LogP contribution in [0.2, 0.25) is 18.1 Å². The lowest BCUT2D eigenvalue weighted by molar-refractivity contribution is 0.260. The summed E-state index contributed by atoms with van der Waals surface area (Å²) in [5.41, 5.74) is 5.75. The molecule has 2 aliphatic carbocycles. The molecule has 2 amide bonds. The average Bonchev–Trinajstić information content (AvgIpc) is 3.35. The van der Waals surface area contributed by atoms with Crippen LogP contribution in [0.3, 0.4) is 0 Å². The monoisotopic (exact) mass is 565 g/mol. The molecule has 1 atom stereocenters. The Kier molecular flexibility index (Phi) is 6.87. The lowest BCUT2D eigenvalue weighted by atomic mass is 9.99. The number of anilines is 1. The van der Waals surface area contributed by atoms with Gasteiger partial charge in [0.1, 0.15) is 24.0 Å². The molecule has 5 nitrogen and oxygen atoms in total. The highest BCUT2D eigenvalue weighted by Crippen LogP contribution is 2.39. The van der Waals surface area contributed by atoms with E-state index in [0.717, 1.165) is 44.2 Å². The fourth-order valence-corrected chi connectivity index (χ4v) is 10.4. The first kappa shape index (κ1) is 25.5. The number of aryl methyl sites for hydroxylation is 2. The maximum absolute atomic E-state index is 15.0. The molecule has 0 aromatic heterocycles. The summed E-state index contributed by atoms with van der Waals surface area (Å²) in [7, 11) is -6.00. The van der Waals surface area contributed by atoms with E-state index < -0.39 is 30.0 Å². The summed E-state index contributed by atoms with van der Waals surface area (Å²) in [5.74, 6) is -0.663. The van der Waals surface area contributed by atoms with E-state index in [1.165, 1.54) is 34.4 Å². The second kappa shape index (κ2) is 9.15. The van der Waals surface area contributed by atoms with Crippen LogP contribution in [0.15, 0.2) is 38.0 Å². The Bertz CT molecular complexity index is 1250. The van der Waals surface area contributed by atoms with Gasteiger partial charge < -0.3 is 5.32 Å². The Morgan fingerprint density at radius 2 is 1.65 bits per heavy atom. The van der Waals surface area contributed by atoms with Crippen LogP contribution in [0.1, 0.15) is 55.9 Å². The molecular weight excluding hydrogens is 533 g/mol. The minimum atomic E-state index is -3.57. The number of halogens is 2. The maximum Gasteiger partial charge on any atom is 0.354 e. The lowest BCUT2D eigenvalue weighted by Gasteiger charge is -2.38. The van der Waals surface area contributed by atoms with Gasteiger partial charge in [-0.05, 0) is 84.0 Å². The number of urea groups is 1. The van der Waals surface area contributed by atoms with Crippen molar-refractivity contribution in [3.63, 3.8) is 0 Å². The van der Waals surface area contributed by atoms with E-state index in [2.05, 4.69) is 56.8 Å². The van der Waals surface area contributed by atoms with Gasteiger partial charge in [-0.3, -0.25) is 0 Å². The highest BCUT2D eigenvalue weighted by atomic mass is 79.9. The van der Waals surface area contributed by atoms with Crippen LogP contribution in [0.4, 0.5) is 14.9 Å². The summed E-state index contributed by atoms with van der Waals surface area (Å²) in [5, 5.41) is 2.78. The van der Waals surface area contributed by atoms with Crippen molar-refractivity contribution in [2.24, 2.45) is 4.36 Å². The first-order valence-electron chi connectivity index (χ1n) is 11.8. The molecule has 2 N–H and O–H groups in total. The van der Waals surface area contributed by atoms with Crippen molar-refractivity contribution >= 4 is 45.8 Å². The number of amides is 2. The average molecular weight is 567 g/mol. The van der Waals surface area contributed by atoms with Crippen molar-refractivity contribution in [2.45, 2.75) is 82.3 Å². The SMILES string of the molecule is CC(C)(C)[Si](C)(C)NS(=O)(=NC(=O)Nc1c2c(cc3c1CCC3)CCC2)c1ccc(Br)cc1F. The predicted octanol–water partition coefficient (Wildman–Crippen LogP) is 7.13. The molecule has 0 radical (unpaired) electrons. The van der Waals surface area contributed by atoms with E-state index in [4.69, 9.17) is 0 Å². The van der Waals surface area contributed by atoms with Crippen LogP contribution < -0.4 is 9.70 Å². The highest BCUT2D eigenvalue weighted by Gasteiger charge is 2.40. The van der Waals surface area contributed by atoms with Gasteiger partial charge >= 0.3 is 6.03 Å². The summed E-state index contributed by atoms with van der Waals surface area (Å²) < 4.78 is 37.2. The molecule has 2 aliphatic rings. The van der Waals surface area contributed by atoms with E-state index in [9.17, 15) is 9.00 Å². The predicted molar refractivity (Wildman–Crippen MR) is 143 cm³/mol. The van der Waals surface area contributed by atoms with E-state index in [-0.39, 0.29) is 9.93 Å². The van der Waals surface area contributed by atoms with Gasteiger partial charge in [-0.2, -0.15) is 0 Å². The molecule has 0 heterocycles. The van der Waals surface area contributed by atoms with Gasteiger partial charge in [0.15, 0.2) is 0 Å². The van der Waals surface area contributed by atoms with Gasteiger partial charge in [0.2, 0.25) is 0 Å². The quantitative estimate of drug-likeness (QED) is 0.387. The second-order valence-corrected chi connectivity index (χ2v) is 19.0. The molecule has 184 valence electrons. The minimum Gasteiger partial charge on any atom is -0.305 e. The first-order valence-corrected chi connectivity index (χ1v) is 17.1. The Morgan fingerprint density at radius 1 is 1.06 bits per heavy atom. The second-order valence-electron chi connectivity index (χ2n) is 10.8. The minimum absolute atomic E-state index is 0.0980. The van der Waals surface area contributed by atoms with Crippen LogP contribution in [0.5, 0.6) is 0 Å². The standard InChI is InChI=1S/C25H33BrFN3O2SSi/c1-25(2,3)34(4,5)30-33(32,22-13-12-18(26)15-21(22)27)29-24(31)28-23-19-10-6-8-16(19)14-17-9-7-11-20(17)23/h12-15H,6-11H2,1-5H3,(H2,28,29,30,31,32). The summed E-state index contributed by atoms with van der Waals surface area (Å²) in [6, 6.07) is 5.91. The third-order valence-electron chi connectivity index (χ3n) is 7.38. The zero-order valence-corrected chi connectivity index (χ0v) is 23.9. The summed E-state index contributed by atoms with van der Waals surface area (Å²) in [4.78, 5) is 13.2. The number of nitrogens with zero attached hydrogens (tertiary/aromatic N) is 1. The third kappa shape index (κ3) is 4.89. The zero-order chi connectivity index (χ0) is 24.9. The Morgan fingerprint density at radius 3 is 2.18 bits per heavy atom. The molecule has 0 aliphatic heterocycles. The molecule has 0 spiro atoms. The van der Waals surface area contributed by atoms with Crippen LogP contribution in [0.25, 0.3) is 0 Å². The molecule has 2 aromatic carbocycles. The molecular formula is C25H33BrFN3O2SSi. The molecule has 2 aromatic rings. The van der Waals surface area contributed by atoms with Crippen LogP contribution >= 0.6 is 15.9 Å². The van der Waals surface area contributed by atoms with Gasteiger partial charge in [0.25, 0.3) is 0 Å². The van der Waals surface area contributed by atoms with Gasteiger partial charge in [0.05, 0.1) is 4.90 Å². The summed E-state index contributed by atoms with van der Waals surface area (Å²) in [6.07, 6.45) is 5.97. The Labute approximate surface area is 211 Å². The first-order chi connectivity index (χ1) is 15.8. The van der Waals surface area contributed by atoms with Crippen molar-refractivity contribution in [3.05, 3.63) is 56.8 Å². The lowest BCUT2D eigenvalue weighted by Crippen LogP contribution is -2.54. The number of rotatable bonds is 4. The maximum atomic E-state index is 15.0. The Hall–Kier alpha value is -1.55. The van der Waals surface area contributed by atoms with Crippen molar-refractivity contribution in [1.29, 1.82) is 0 Å². The van der Waals surface area contributed by atoms with Crippen molar-refractivity contribution in [3.8, 4) is 0 Å². The summed E-state index contributed by atoms with van der Waals surface area (Å²) >= 11 is 3.25. The van der Waals surface area contributed by atoms with E-state index in [1.807, 2.05) is 13.1 Å². The number of fused-ring (bicyclic) bond motifs is 2. The van der Waals surface area contributed by atoms with Crippen LogP contribution in [-0.2, 0) is 35.6 Å². The number of hydrogen-bond donors (Lipinski definition) is 2. The number of carbonyl (C=O) groups is 1. The molecule has 1 unspecified atom stereocenters. The zero-order valence-electron chi connectivity index (χ0n) is 20.5. The van der Waals surface area contributed by atoms with E-state index >= 15 is 4.39 Å². The topological polar surface area (TPSA) is 70.6 Å². The number of nitrogens with one attached hydrogen (secondary N) is 2. The van der Waals surface area contributed by atoms with Gasteiger partial charge in [0, 0.05) is 10.2 Å². The fraction of sp³-hybridized carbons (Fsp3) is 0.480. The van der Waals surface area contributed by atoms with Gasteiger partial charge in [-0.1, -0.05) is 55.9 Å². The third-order valence-corrected chi connectivity index (χ3v) is 16.1. The number of carbonyl (C=O) groups excluding carboxylic acids is 1. The van der Waals surface area contributed by atoms with Crippen molar-refractivity contribution in [1.82, 2.24) is 4.39 Å². The molecule has 0 fully saturated rings. The largest absolute Gasteiger partial charge is 0.354 e. The molecule has 34 heavy (non-hydrogen) atoms. The molecule has 4 rings (SSSR count). The van der Waals surface area contributed by atoms with Crippen LogP contribution in [-0.4, -0.2) is 18.5 Å². The smallest absolute Gasteiger partial charge is 0.305 e. The van der Waals surface area contributed by atoms with Gasteiger partial charge in [-0.15, -0.1) is 4.36 Å².